The van der Waals surface area contributed by atoms with Gasteiger partial charge in [0.15, 0.2) is 5.82 Å². The second kappa shape index (κ2) is 11.8. The Morgan fingerprint density at radius 3 is 2.25 bits per heavy atom. The SMILES string of the molecule is O=C(CCc1nc(-c2cc(C(F)(F)F)cc(C(F)(F)F)c2)no1)NCCCCNc1n[nH]c(=O)c2ccccc12. The third-order valence-corrected chi connectivity index (χ3v) is 5.79. The normalized spacial score (nSPS) is 12.1. The number of rotatable bonds is 10. The predicted octanol–water partition coefficient (Wildman–Crippen LogP) is 4.95. The number of carbonyl (C=O) groups is 1. The molecule has 40 heavy (non-hydrogen) atoms. The highest BCUT2D eigenvalue weighted by Gasteiger charge is 2.37. The largest absolute Gasteiger partial charge is 0.416 e. The molecule has 0 fully saturated rings. The highest BCUT2D eigenvalue weighted by atomic mass is 19.4. The number of carbonyl (C=O) groups excluding carboxylic acids is 1. The zero-order valence-corrected chi connectivity index (χ0v) is 20.6. The third kappa shape index (κ3) is 7.15. The summed E-state index contributed by atoms with van der Waals surface area (Å²) >= 11 is 0. The minimum atomic E-state index is -5.01. The summed E-state index contributed by atoms with van der Waals surface area (Å²) in [7, 11) is 0. The van der Waals surface area contributed by atoms with E-state index in [1.54, 1.807) is 24.3 Å². The van der Waals surface area contributed by atoms with Crippen molar-refractivity contribution in [1.29, 1.82) is 0 Å². The molecule has 212 valence electrons. The summed E-state index contributed by atoms with van der Waals surface area (Å²) < 4.78 is 83.5. The van der Waals surface area contributed by atoms with Gasteiger partial charge in [0.1, 0.15) is 0 Å². The van der Waals surface area contributed by atoms with Crippen molar-refractivity contribution >= 4 is 22.5 Å². The molecule has 0 aliphatic carbocycles. The topological polar surface area (TPSA) is 126 Å². The van der Waals surface area contributed by atoms with Gasteiger partial charge in [-0.25, -0.2) is 5.10 Å². The maximum absolute atomic E-state index is 13.1. The van der Waals surface area contributed by atoms with Gasteiger partial charge in [-0.3, -0.25) is 9.59 Å². The van der Waals surface area contributed by atoms with Crippen LogP contribution in [0.3, 0.4) is 0 Å². The first-order chi connectivity index (χ1) is 18.9. The van der Waals surface area contributed by atoms with Gasteiger partial charge in [0.2, 0.25) is 17.6 Å². The zero-order valence-electron chi connectivity index (χ0n) is 20.6. The van der Waals surface area contributed by atoms with E-state index >= 15 is 0 Å². The molecule has 0 aliphatic rings. The van der Waals surface area contributed by atoms with Gasteiger partial charge in [0.05, 0.1) is 16.5 Å². The number of hydrogen-bond donors (Lipinski definition) is 3. The molecule has 2 heterocycles. The third-order valence-electron chi connectivity index (χ3n) is 5.79. The number of fused-ring (bicyclic) bond motifs is 1. The first kappa shape index (κ1) is 28.6. The van der Waals surface area contributed by atoms with Crippen LogP contribution >= 0.6 is 0 Å². The smallest absolute Gasteiger partial charge is 0.368 e. The summed E-state index contributed by atoms with van der Waals surface area (Å²) in [5.41, 5.74) is -3.80. The number of halogens is 6. The van der Waals surface area contributed by atoms with Crippen LogP contribution in [-0.2, 0) is 23.6 Å². The molecule has 9 nitrogen and oxygen atoms in total. The van der Waals surface area contributed by atoms with Crippen LogP contribution in [0.5, 0.6) is 0 Å². The minimum absolute atomic E-state index is 0.00738. The fourth-order valence-corrected chi connectivity index (χ4v) is 3.80. The number of anilines is 1. The molecular formula is C25H22F6N6O3. The highest BCUT2D eigenvalue weighted by Crippen LogP contribution is 2.38. The van der Waals surface area contributed by atoms with E-state index in [9.17, 15) is 35.9 Å². The molecule has 2 aromatic carbocycles. The second-order valence-electron chi connectivity index (χ2n) is 8.74. The molecule has 15 heteroatoms. The number of amides is 1. The lowest BCUT2D eigenvalue weighted by Gasteiger charge is -2.12. The van der Waals surface area contributed by atoms with E-state index in [1.165, 1.54) is 0 Å². The number of hydrogen-bond acceptors (Lipinski definition) is 7. The minimum Gasteiger partial charge on any atom is -0.368 e. The van der Waals surface area contributed by atoms with Gasteiger partial charge >= 0.3 is 12.4 Å². The van der Waals surface area contributed by atoms with Gasteiger partial charge in [0.25, 0.3) is 5.56 Å². The Morgan fingerprint density at radius 2 is 1.57 bits per heavy atom. The lowest BCUT2D eigenvalue weighted by molar-refractivity contribution is -0.143. The summed E-state index contributed by atoms with van der Waals surface area (Å²) in [6.45, 7) is 0.898. The Bertz CT molecular complexity index is 1510. The van der Waals surface area contributed by atoms with Crippen LogP contribution in [0.2, 0.25) is 0 Å². The first-order valence-electron chi connectivity index (χ1n) is 12.0. The number of nitrogens with zero attached hydrogens (tertiary/aromatic N) is 3. The van der Waals surface area contributed by atoms with Crippen LogP contribution in [-0.4, -0.2) is 39.3 Å². The Hall–Kier alpha value is -4.43. The molecule has 0 spiro atoms. The maximum Gasteiger partial charge on any atom is 0.416 e. The Balaban J connectivity index is 1.23. The Morgan fingerprint density at radius 1 is 0.925 bits per heavy atom. The van der Waals surface area contributed by atoms with E-state index in [4.69, 9.17) is 4.52 Å². The van der Waals surface area contributed by atoms with Gasteiger partial charge in [-0.2, -0.15) is 36.4 Å². The van der Waals surface area contributed by atoms with Crippen LogP contribution in [0, 0.1) is 0 Å². The van der Waals surface area contributed by atoms with E-state index < -0.39 is 34.9 Å². The van der Waals surface area contributed by atoms with Crippen molar-refractivity contribution in [2.75, 3.05) is 18.4 Å². The van der Waals surface area contributed by atoms with Crippen LogP contribution in [0.25, 0.3) is 22.2 Å². The van der Waals surface area contributed by atoms with E-state index in [2.05, 4.69) is 31.0 Å². The quantitative estimate of drug-likeness (QED) is 0.183. The molecular weight excluding hydrogens is 546 g/mol. The van der Waals surface area contributed by atoms with Gasteiger partial charge in [-0.05, 0) is 37.1 Å². The Kier molecular flexibility index (Phi) is 8.40. The molecule has 0 atom stereocenters. The number of alkyl halides is 6. The summed E-state index contributed by atoms with van der Waals surface area (Å²) in [5.74, 6) is -0.373. The number of aromatic nitrogens is 4. The number of aryl methyl sites for hydroxylation is 1. The zero-order chi connectivity index (χ0) is 28.9. The summed E-state index contributed by atoms with van der Waals surface area (Å²) in [4.78, 5) is 27.8. The standard InChI is InChI=1S/C25H22F6N6O3/c26-24(27,28)15-11-14(12-16(13-15)25(29,30)31)21-34-20(40-37-21)8-7-19(38)32-9-3-4-10-33-22-17-5-1-2-6-18(17)23(39)36-35-22/h1-2,5-6,11-13H,3-4,7-10H2,(H,32,38)(H,33,35)(H,36,39). The van der Waals surface area contributed by atoms with Gasteiger partial charge in [0, 0.05) is 36.9 Å². The molecule has 0 saturated carbocycles. The fourth-order valence-electron chi connectivity index (χ4n) is 3.80. The molecule has 0 radical (unpaired) electrons. The second-order valence-corrected chi connectivity index (χ2v) is 8.74. The number of unbranched alkanes of at least 4 members (excludes halogenated alkanes) is 1. The lowest BCUT2D eigenvalue weighted by atomic mass is 10.0. The van der Waals surface area contributed by atoms with Crippen molar-refractivity contribution in [3.63, 3.8) is 0 Å². The van der Waals surface area contributed by atoms with Crippen LogP contribution < -0.4 is 16.2 Å². The number of benzene rings is 2. The number of H-pyrrole nitrogens is 1. The molecule has 0 unspecified atom stereocenters. The van der Waals surface area contributed by atoms with E-state index in [0.717, 1.165) is 0 Å². The average Bonchev–Trinajstić information content (AvgIpc) is 3.39. The molecule has 4 rings (SSSR count). The molecule has 0 bridgehead atoms. The van der Waals surface area contributed by atoms with Crippen molar-refractivity contribution in [2.24, 2.45) is 0 Å². The average molecular weight is 568 g/mol. The van der Waals surface area contributed by atoms with Gasteiger partial charge in [-0.1, -0.05) is 23.4 Å². The number of aromatic amines is 1. The lowest BCUT2D eigenvalue weighted by Crippen LogP contribution is -2.25. The molecule has 0 aliphatic heterocycles. The van der Waals surface area contributed by atoms with Crippen LogP contribution in [0.1, 0.15) is 36.3 Å². The maximum atomic E-state index is 13.1. The molecule has 4 aromatic rings. The van der Waals surface area contributed by atoms with E-state index in [-0.39, 0.29) is 36.3 Å². The van der Waals surface area contributed by atoms with Gasteiger partial charge < -0.3 is 15.2 Å². The highest BCUT2D eigenvalue weighted by molar-refractivity contribution is 5.90. The molecule has 0 saturated heterocycles. The fraction of sp³-hybridized carbons (Fsp3) is 0.320. The van der Waals surface area contributed by atoms with E-state index in [1.807, 2.05) is 0 Å². The Labute approximate surface area is 222 Å². The van der Waals surface area contributed by atoms with Crippen molar-refractivity contribution < 1.29 is 35.7 Å². The molecule has 1 amide bonds. The van der Waals surface area contributed by atoms with Crippen LogP contribution in [0.4, 0.5) is 32.2 Å². The summed E-state index contributed by atoms with van der Waals surface area (Å²) in [6, 6.07) is 8.04. The van der Waals surface area contributed by atoms with Gasteiger partial charge in [-0.15, -0.1) is 0 Å². The summed E-state index contributed by atoms with van der Waals surface area (Å²) in [5, 5.41) is 17.0. The summed E-state index contributed by atoms with van der Waals surface area (Å²) in [6.07, 6.45) is -8.85. The monoisotopic (exact) mass is 568 g/mol. The first-order valence-corrected chi connectivity index (χ1v) is 12.0. The van der Waals surface area contributed by atoms with Crippen molar-refractivity contribution in [1.82, 2.24) is 25.7 Å². The predicted molar refractivity (Wildman–Crippen MR) is 131 cm³/mol. The van der Waals surface area contributed by atoms with Crippen LogP contribution in [0.15, 0.2) is 51.8 Å². The van der Waals surface area contributed by atoms with E-state index in [0.29, 0.717) is 54.7 Å². The van der Waals surface area contributed by atoms with Crippen molar-refractivity contribution in [2.45, 2.75) is 38.0 Å². The van der Waals surface area contributed by atoms with Crippen molar-refractivity contribution in [3.8, 4) is 11.4 Å². The molecule has 2 aromatic heterocycles. The van der Waals surface area contributed by atoms with Crippen molar-refractivity contribution in [3.05, 3.63) is 69.8 Å². The molecule has 3 N–H and O–H groups in total. The number of nitrogens with one attached hydrogen (secondary N) is 3.